The number of ketones is 1. The van der Waals surface area contributed by atoms with Gasteiger partial charge >= 0.3 is 0 Å². The van der Waals surface area contributed by atoms with Gasteiger partial charge in [0, 0.05) is 11.1 Å². The van der Waals surface area contributed by atoms with E-state index in [1.807, 2.05) is 0 Å². The molecule has 3 heteroatoms. The smallest absolute Gasteiger partial charge is 0.160 e. The Morgan fingerprint density at radius 3 is 2.09 bits per heavy atom. The van der Waals surface area contributed by atoms with Crippen molar-refractivity contribution in [1.29, 1.82) is 0 Å². The SMILES string of the molecule is CC(=O)C(CC1CCCCC1)ON1C(C)(C)CCCC1(C)C. The predicted octanol–water partition coefficient (Wildman–Crippen LogP) is 4.89. The zero-order valence-corrected chi connectivity index (χ0v) is 15.3. The lowest BCUT2D eigenvalue weighted by Gasteiger charge is -2.52. The third kappa shape index (κ3) is 4.32. The van der Waals surface area contributed by atoms with E-state index in [9.17, 15) is 4.79 Å². The fourth-order valence-electron chi connectivity index (χ4n) is 4.40. The van der Waals surface area contributed by atoms with Crippen molar-refractivity contribution in [3.05, 3.63) is 0 Å². The molecule has 0 aromatic carbocycles. The third-order valence-corrected chi connectivity index (χ3v) is 5.63. The van der Waals surface area contributed by atoms with Crippen molar-refractivity contribution >= 4 is 5.78 Å². The first-order valence-electron chi connectivity index (χ1n) is 9.20. The molecule has 1 saturated carbocycles. The summed E-state index contributed by atoms with van der Waals surface area (Å²) in [6.07, 6.45) is 10.6. The molecule has 1 heterocycles. The molecule has 0 bridgehead atoms. The van der Waals surface area contributed by atoms with Gasteiger partial charge in [0.2, 0.25) is 0 Å². The Balaban J connectivity index is 2.06. The fraction of sp³-hybridized carbons (Fsp3) is 0.947. The second-order valence-corrected chi connectivity index (χ2v) is 8.72. The van der Waals surface area contributed by atoms with Crippen LogP contribution in [0.5, 0.6) is 0 Å². The summed E-state index contributed by atoms with van der Waals surface area (Å²) < 4.78 is 0. The Hall–Kier alpha value is -0.410. The highest BCUT2D eigenvalue weighted by Crippen LogP contribution is 2.39. The van der Waals surface area contributed by atoms with Crippen LogP contribution in [0.2, 0.25) is 0 Å². The molecule has 1 atom stereocenters. The number of nitrogens with zero attached hydrogens (tertiary/aromatic N) is 1. The Kier molecular flexibility index (Phi) is 5.71. The van der Waals surface area contributed by atoms with E-state index in [4.69, 9.17) is 4.84 Å². The molecule has 2 fully saturated rings. The first-order chi connectivity index (χ1) is 10.2. The molecule has 22 heavy (non-hydrogen) atoms. The maximum absolute atomic E-state index is 12.2. The van der Waals surface area contributed by atoms with Crippen molar-refractivity contribution in [2.75, 3.05) is 0 Å². The van der Waals surface area contributed by atoms with Crippen LogP contribution in [0.4, 0.5) is 0 Å². The summed E-state index contributed by atoms with van der Waals surface area (Å²) in [5.74, 6) is 0.849. The second-order valence-electron chi connectivity index (χ2n) is 8.72. The summed E-state index contributed by atoms with van der Waals surface area (Å²) in [5.41, 5.74) is 0.00400. The van der Waals surface area contributed by atoms with Gasteiger partial charge in [-0.05, 0) is 66.2 Å². The molecule has 128 valence electrons. The van der Waals surface area contributed by atoms with Crippen molar-refractivity contribution in [2.45, 2.75) is 110 Å². The molecule has 2 aliphatic rings. The van der Waals surface area contributed by atoms with Crippen molar-refractivity contribution in [3.63, 3.8) is 0 Å². The molecule has 1 aliphatic heterocycles. The standard InChI is InChI=1S/C19H35NO2/c1-15(21)17(14-16-10-7-6-8-11-16)22-20-18(2,3)12-9-13-19(20,4)5/h16-17H,6-14H2,1-5H3. The van der Waals surface area contributed by atoms with Gasteiger partial charge in [-0.15, -0.1) is 0 Å². The lowest BCUT2D eigenvalue weighted by molar-refractivity contribution is -0.300. The topological polar surface area (TPSA) is 29.5 Å². The lowest BCUT2D eigenvalue weighted by atomic mass is 9.82. The Labute approximate surface area is 136 Å². The largest absolute Gasteiger partial charge is 0.297 e. The number of hydrogen-bond donors (Lipinski definition) is 0. The van der Waals surface area contributed by atoms with Crippen molar-refractivity contribution in [1.82, 2.24) is 5.06 Å². The molecule has 1 aliphatic carbocycles. The number of hydrogen-bond acceptors (Lipinski definition) is 3. The Bertz CT molecular complexity index is 367. The van der Waals surface area contributed by atoms with E-state index < -0.39 is 0 Å². The highest BCUT2D eigenvalue weighted by atomic mass is 16.7. The number of rotatable bonds is 5. The van der Waals surface area contributed by atoms with Gasteiger partial charge in [-0.2, -0.15) is 5.06 Å². The van der Waals surface area contributed by atoms with Gasteiger partial charge in [-0.1, -0.05) is 32.1 Å². The van der Waals surface area contributed by atoms with Gasteiger partial charge in [0.25, 0.3) is 0 Å². The first kappa shape index (κ1) is 17.9. The van der Waals surface area contributed by atoms with E-state index in [0.29, 0.717) is 5.92 Å². The Morgan fingerprint density at radius 1 is 1.05 bits per heavy atom. The van der Waals surface area contributed by atoms with Crippen LogP contribution >= 0.6 is 0 Å². The van der Waals surface area contributed by atoms with Crippen LogP contribution in [-0.2, 0) is 9.63 Å². The quantitative estimate of drug-likeness (QED) is 0.724. The normalized spacial score (nSPS) is 27.5. The molecule has 2 rings (SSSR count). The third-order valence-electron chi connectivity index (χ3n) is 5.63. The van der Waals surface area contributed by atoms with Crippen LogP contribution in [0.15, 0.2) is 0 Å². The first-order valence-corrected chi connectivity index (χ1v) is 9.20. The molecule has 0 amide bonds. The van der Waals surface area contributed by atoms with E-state index in [2.05, 4.69) is 32.8 Å². The molecule has 0 spiro atoms. The Morgan fingerprint density at radius 2 is 1.59 bits per heavy atom. The predicted molar refractivity (Wildman–Crippen MR) is 90.6 cm³/mol. The zero-order valence-electron chi connectivity index (χ0n) is 15.3. The lowest BCUT2D eigenvalue weighted by Crippen LogP contribution is -2.59. The van der Waals surface area contributed by atoms with E-state index in [1.165, 1.54) is 38.5 Å². The number of piperidine rings is 1. The van der Waals surface area contributed by atoms with Crippen LogP contribution in [0, 0.1) is 5.92 Å². The van der Waals surface area contributed by atoms with Crippen LogP contribution in [0.25, 0.3) is 0 Å². The number of carbonyl (C=O) groups is 1. The molecule has 0 radical (unpaired) electrons. The number of carbonyl (C=O) groups excluding carboxylic acids is 1. The molecule has 0 aromatic heterocycles. The van der Waals surface area contributed by atoms with Crippen LogP contribution in [0.3, 0.4) is 0 Å². The van der Waals surface area contributed by atoms with Gasteiger partial charge in [-0.25, -0.2) is 0 Å². The monoisotopic (exact) mass is 309 g/mol. The maximum atomic E-state index is 12.2. The molecule has 1 saturated heterocycles. The molecular formula is C19H35NO2. The van der Waals surface area contributed by atoms with Crippen LogP contribution in [0.1, 0.15) is 92.4 Å². The summed E-state index contributed by atoms with van der Waals surface area (Å²) >= 11 is 0. The average molecular weight is 309 g/mol. The number of hydroxylamine groups is 2. The summed E-state index contributed by atoms with van der Waals surface area (Å²) in [6, 6.07) is 0. The summed E-state index contributed by atoms with van der Waals surface area (Å²) in [5, 5.41) is 2.15. The minimum atomic E-state index is -0.264. The molecule has 3 nitrogen and oxygen atoms in total. The molecular weight excluding hydrogens is 274 g/mol. The van der Waals surface area contributed by atoms with Crippen molar-refractivity contribution < 1.29 is 9.63 Å². The van der Waals surface area contributed by atoms with Crippen LogP contribution in [-0.4, -0.2) is 28.0 Å². The van der Waals surface area contributed by atoms with Crippen molar-refractivity contribution in [3.8, 4) is 0 Å². The molecule has 0 N–H and O–H groups in total. The zero-order chi connectivity index (χ0) is 16.4. The van der Waals surface area contributed by atoms with Crippen LogP contribution < -0.4 is 0 Å². The fourth-order valence-corrected chi connectivity index (χ4v) is 4.40. The summed E-state index contributed by atoms with van der Waals surface area (Å²) in [4.78, 5) is 18.5. The van der Waals surface area contributed by atoms with Gasteiger partial charge in [0.15, 0.2) is 5.78 Å². The minimum Gasteiger partial charge on any atom is -0.297 e. The van der Waals surface area contributed by atoms with Gasteiger partial charge in [0.1, 0.15) is 6.10 Å². The molecule has 1 unspecified atom stereocenters. The van der Waals surface area contributed by atoms with Gasteiger partial charge in [-0.3, -0.25) is 9.63 Å². The van der Waals surface area contributed by atoms with Crippen molar-refractivity contribution in [2.24, 2.45) is 5.92 Å². The molecule has 0 aromatic rings. The van der Waals surface area contributed by atoms with E-state index in [1.54, 1.807) is 6.92 Å². The highest BCUT2D eigenvalue weighted by Gasteiger charge is 2.44. The minimum absolute atomic E-state index is 0.00200. The average Bonchev–Trinajstić information content (AvgIpc) is 2.42. The summed E-state index contributed by atoms with van der Waals surface area (Å²) in [6.45, 7) is 10.7. The van der Waals surface area contributed by atoms with E-state index >= 15 is 0 Å². The van der Waals surface area contributed by atoms with E-state index in [0.717, 1.165) is 19.3 Å². The van der Waals surface area contributed by atoms with Gasteiger partial charge < -0.3 is 0 Å². The summed E-state index contributed by atoms with van der Waals surface area (Å²) in [7, 11) is 0. The highest BCUT2D eigenvalue weighted by molar-refractivity contribution is 5.80. The number of Topliss-reactive ketones (excluding diaryl/α,β-unsaturated/α-hetero) is 1. The van der Waals surface area contributed by atoms with Gasteiger partial charge in [0.05, 0.1) is 0 Å². The van der Waals surface area contributed by atoms with E-state index in [-0.39, 0.29) is 23.0 Å². The second kappa shape index (κ2) is 7.00. The maximum Gasteiger partial charge on any atom is 0.160 e.